The van der Waals surface area contributed by atoms with Crippen molar-refractivity contribution in [3.63, 3.8) is 0 Å². The first-order valence-corrected chi connectivity index (χ1v) is 6.89. The fourth-order valence-corrected chi connectivity index (χ4v) is 2.07. The van der Waals surface area contributed by atoms with E-state index >= 15 is 0 Å². The standard InChI is InChI=1S/C12H18N2O2S/c1-8(4-5-17-3)14-11-6-9(2)13-7-10(11)12(15)16/h6-8H,4-5H2,1-3H3,(H,13,14)(H,15,16). The van der Waals surface area contributed by atoms with Crippen molar-refractivity contribution in [1.29, 1.82) is 0 Å². The number of nitrogens with one attached hydrogen (secondary N) is 1. The van der Waals surface area contributed by atoms with Crippen LogP contribution in [0, 0.1) is 6.92 Å². The Bertz CT molecular complexity index is 396. The van der Waals surface area contributed by atoms with Crippen molar-refractivity contribution in [2.24, 2.45) is 0 Å². The first-order valence-electron chi connectivity index (χ1n) is 5.50. The topological polar surface area (TPSA) is 62.2 Å². The Morgan fingerprint density at radius 3 is 2.94 bits per heavy atom. The van der Waals surface area contributed by atoms with Crippen molar-refractivity contribution in [2.75, 3.05) is 17.3 Å². The second kappa shape index (κ2) is 6.49. The molecular formula is C12H18N2O2S. The van der Waals surface area contributed by atoms with E-state index < -0.39 is 5.97 Å². The zero-order valence-corrected chi connectivity index (χ0v) is 11.2. The maximum atomic E-state index is 11.0. The summed E-state index contributed by atoms with van der Waals surface area (Å²) in [6.45, 7) is 3.90. The summed E-state index contributed by atoms with van der Waals surface area (Å²) in [5.74, 6) is 0.109. The Labute approximate surface area is 106 Å². The zero-order chi connectivity index (χ0) is 12.8. The lowest BCUT2D eigenvalue weighted by Crippen LogP contribution is -2.18. The molecule has 1 heterocycles. The molecule has 0 aliphatic carbocycles. The van der Waals surface area contributed by atoms with E-state index in [0.717, 1.165) is 17.9 Å². The van der Waals surface area contributed by atoms with Crippen LogP contribution in [0.1, 0.15) is 29.4 Å². The summed E-state index contributed by atoms with van der Waals surface area (Å²) < 4.78 is 0. The van der Waals surface area contributed by atoms with Gasteiger partial charge in [-0.3, -0.25) is 4.98 Å². The number of aromatic carboxylic acids is 1. The van der Waals surface area contributed by atoms with E-state index in [2.05, 4.69) is 23.5 Å². The van der Waals surface area contributed by atoms with Crippen molar-refractivity contribution in [3.8, 4) is 0 Å². The van der Waals surface area contributed by atoms with Crippen molar-refractivity contribution < 1.29 is 9.90 Å². The number of aromatic nitrogens is 1. The van der Waals surface area contributed by atoms with Crippen LogP contribution in [0.2, 0.25) is 0 Å². The highest BCUT2D eigenvalue weighted by molar-refractivity contribution is 7.98. The molecule has 0 radical (unpaired) electrons. The van der Waals surface area contributed by atoms with Crippen LogP contribution >= 0.6 is 11.8 Å². The fraction of sp³-hybridized carbons (Fsp3) is 0.500. The lowest BCUT2D eigenvalue weighted by Gasteiger charge is -2.16. The molecule has 17 heavy (non-hydrogen) atoms. The predicted molar refractivity (Wildman–Crippen MR) is 72.0 cm³/mol. The summed E-state index contributed by atoms with van der Waals surface area (Å²) in [6, 6.07) is 2.03. The van der Waals surface area contributed by atoms with E-state index in [0.29, 0.717) is 5.69 Å². The molecule has 94 valence electrons. The summed E-state index contributed by atoms with van der Waals surface area (Å²) in [5, 5.41) is 12.3. The van der Waals surface area contributed by atoms with Crippen LogP contribution in [0.4, 0.5) is 5.69 Å². The first-order chi connectivity index (χ1) is 8.04. The van der Waals surface area contributed by atoms with Crippen LogP contribution in [0.5, 0.6) is 0 Å². The van der Waals surface area contributed by atoms with Gasteiger partial charge < -0.3 is 10.4 Å². The van der Waals surface area contributed by atoms with Crippen LogP contribution in [0.25, 0.3) is 0 Å². The van der Waals surface area contributed by atoms with Gasteiger partial charge in [-0.15, -0.1) is 0 Å². The minimum atomic E-state index is -0.947. The van der Waals surface area contributed by atoms with E-state index in [4.69, 9.17) is 5.11 Å². The van der Waals surface area contributed by atoms with Gasteiger partial charge in [0.15, 0.2) is 0 Å². The molecule has 0 aromatic carbocycles. The third kappa shape index (κ3) is 4.26. The van der Waals surface area contributed by atoms with Gasteiger partial charge in [-0.25, -0.2) is 4.79 Å². The average Bonchev–Trinajstić information content (AvgIpc) is 2.26. The molecule has 5 heteroatoms. The van der Waals surface area contributed by atoms with Gasteiger partial charge in [0.1, 0.15) is 5.56 Å². The lowest BCUT2D eigenvalue weighted by molar-refractivity contribution is 0.0697. The SMILES string of the molecule is CSCCC(C)Nc1cc(C)ncc1C(=O)O. The molecule has 2 N–H and O–H groups in total. The van der Waals surface area contributed by atoms with Crippen LogP contribution in [0.3, 0.4) is 0 Å². The molecule has 1 aromatic rings. The number of aryl methyl sites for hydroxylation is 1. The molecule has 0 aliphatic rings. The second-order valence-electron chi connectivity index (χ2n) is 4.00. The van der Waals surface area contributed by atoms with Gasteiger partial charge in [-0.1, -0.05) is 0 Å². The Balaban J connectivity index is 2.81. The van der Waals surface area contributed by atoms with Crippen LogP contribution in [-0.4, -0.2) is 34.1 Å². The van der Waals surface area contributed by atoms with Crippen LogP contribution < -0.4 is 5.32 Å². The van der Waals surface area contributed by atoms with Gasteiger partial charge in [0.05, 0.1) is 5.69 Å². The highest BCUT2D eigenvalue weighted by atomic mass is 32.2. The van der Waals surface area contributed by atoms with Crippen molar-refractivity contribution in [3.05, 3.63) is 23.5 Å². The smallest absolute Gasteiger partial charge is 0.339 e. The van der Waals surface area contributed by atoms with Crippen molar-refractivity contribution in [2.45, 2.75) is 26.3 Å². The van der Waals surface area contributed by atoms with Crippen molar-refractivity contribution >= 4 is 23.4 Å². The predicted octanol–water partition coefficient (Wildman–Crippen LogP) is 2.64. The molecule has 1 aromatic heterocycles. The molecule has 0 amide bonds. The van der Waals surface area contributed by atoms with Gasteiger partial charge in [0.25, 0.3) is 0 Å². The van der Waals surface area contributed by atoms with E-state index in [-0.39, 0.29) is 11.6 Å². The lowest BCUT2D eigenvalue weighted by atomic mass is 10.1. The van der Waals surface area contributed by atoms with E-state index in [1.807, 2.05) is 6.92 Å². The number of pyridine rings is 1. The monoisotopic (exact) mass is 254 g/mol. The van der Waals surface area contributed by atoms with Gasteiger partial charge in [0.2, 0.25) is 0 Å². The van der Waals surface area contributed by atoms with Gasteiger partial charge in [-0.2, -0.15) is 11.8 Å². The van der Waals surface area contributed by atoms with Crippen LogP contribution in [-0.2, 0) is 0 Å². The number of hydrogen-bond acceptors (Lipinski definition) is 4. The molecule has 0 spiro atoms. The first kappa shape index (κ1) is 13.8. The minimum absolute atomic E-state index is 0.228. The number of carboxylic acids is 1. The normalized spacial score (nSPS) is 12.2. The number of hydrogen-bond donors (Lipinski definition) is 2. The largest absolute Gasteiger partial charge is 0.478 e. The number of thioether (sulfide) groups is 1. The summed E-state index contributed by atoms with van der Waals surface area (Å²) in [5.41, 5.74) is 1.69. The number of rotatable bonds is 6. The van der Waals surface area contributed by atoms with Gasteiger partial charge >= 0.3 is 5.97 Å². The van der Waals surface area contributed by atoms with E-state index in [9.17, 15) is 4.79 Å². The number of anilines is 1. The van der Waals surface area contributed by atoms with Crippen molar-refractivity contribution in [1.82, 2.24) is 4.98 Å². The highest BCUT2D eigenvalue weighted by Gasteiger charge is 2.12. The Hall–Kier alpha value is -1.23. The highest BCUT2D eigenvalue weighted by Crippen LogP contribution is 2.18. The fourth-order valence-electron chi connectivity index (χ4n) is 1.48. The average molecular weight is 254 g/mol. The Morgan fingerprint density at radius 1 is 1.65 bits per heavy atom. The number of carboxylic acid groups (broad SMARTS) is 1. The summed E-state index contributed by atoms with van der Waals surface area (Å²) in [6.07, 6.45) is 4.47. The molecule has 0 fully saturated rings. The van der Waals surface area contributed by atoms with Gasteiger partial charge in [-0.05, 0) is 38.3 Å². The number of nitrogens with zero attached hydrogens (tertiary/aromatic N) is 1. The maximum Gasteiger partial charge on any atom is 0.339 e. The third-order valence-electron chi connectivity index (χ3n) is 2.43. The molecular weight excluding hydrogens is 236 g/mol. The molecule has 1 rings (SSSR count). The molecule has 0 bridgehead atoms. The van der Waals surface area contributed by atoms with E-state index in [1.54, 1.807) is 17.8 Å². The van der Waals surface area contributed by atoms with Crippen LogP contribution in [0.15, 0.2) is 12.3 Å². The summed E-state index contributed by atoms with van der Waals surface area (Å²) in [7, 11) is 0. The molecule has 0 saturated heterocycles. The summed E-state index contributed by atoms with van der Waals surface area (Å²) in [4.78, 5) is 15.1. The zero-order valence-electron chi connectivity index (χ0n) is 10.4. The number of carbonyl (C=O) groups is 1. The molecule has 4 nitrogen and oxygen atoms in total. The molecule has 1 unspecified atom stereocenters. The van der Waals surface area contributed by atoms with Gasteiger partial charge in [0, 0.05) is 17.9 Å². The third-order valence-corrected chi connectivity index (χ3v) is 3.07. The quantitative estimate of drug-likeness (QED) is 0.817. The minimum Gasteiger partial charge on any atom is -0.478 e. The Morgan fingerprint density at radius 2 is 2.35 bits per heavy atom. The molecule has 1 atom stereocenters. The second-order valence-corrected chi connectivity index (χ2v) is 4.99. The Kier molecular flexibility index (Phi) is 5.28. The van der Waals surface area contributed by atoms with E-state index in [1.165, 1.54) is 6.20 Å². The summed E-state index contributed by atoms with van der Waals surface area (Å²) >= 11 is 1.79. The molecule has 0 saturated carbocycles. The molecule has 0 aliphatic heterocycles. The maximum absolute atomic E-state index is 11.0.